The van der Waals surface area contributed by atoms with Crippen molar-refractivity contribution in [2.45, 2.75) is 6.92 Å². The predicted octanol–water partition coefficient (Wildman–Crippen LogP) is 3.54. The summed E-state index contributed by atoms with van der Waals surface area (Å²) in [5.41, 5.74) is 1.74. The van der Waals surface area contributed by atoms with Crippen molar-refractivity contribution in [3.8, 4) is 0 Å². The first-order valence-corrected chi connectivity index (χ1v) is 9.05. The van der Waals surface area contributed by atoms with Gasteiger partial charge in [0.15, 0.2) is 0 Å². The van der Waals surface area contributed by atoms with Crippen LogP contribution in [0.4, 0.5) is 14.5 Å². The number of fused-ring (bicyclic) bond motifs is 1. The fourth-order valence-electron chi connectivity index (χ4n) is 3.62. The Morgan fingerprint density at radius 2 is 1.54 bits per heavy atom. The third-order valence-electron chi connectivity index (χ3n) is 5.09. The molecule has 28 heavy (non-hydrogen) atoms. The molecule has 7 heteroatoms. The second-order valence-electron chi connectivity index (χ2n) is 6.85. The summed E-state index contributed by atoms with van der Waals surface area (Å²) in [5, 5.41) is 0.432. The number of hydrogen-bond donors (Lipinski definition) is 0. The van der Waals surface area contributed by atoms with E-state index in [2.05, 4.69) is 4.90 Å². The summed E-state index contributed by atoms with van der Waals surface area (Å²) in [5.74, 6) is -1.21. The molecule has 0 N–H and O–H groups in total. The van der Waals surface area contributed by atoms with Gasteiger partial charge in [0.05, 0.1) is 11.1 Å². The SMILES string of the molecule is CC(=O)n1cc(C(=O)N2CCN(c3ccc(F)cc3)CC2)c2cc(F)ccc21. The van der Waals surface area contributed by atoms with Crippen LogP contribution >= 0.6 is 0 Å². The molecule has 2 heterocycles. The Kier molecular flexibility index (Phi) is 4.58. The molecule has 0 unspecified atom stereocenters. The quantitative estimate of drug-likeness (QED) is 0.680. The molecule has 5 nitrogen and oxygen atoms in total. The van der Waals surface area contributed by atoms with Gasteiger partial charge in [0.1, 0.15) is 11.6 Å². The van der Waals surface area contributed by atoms with Crippen molar-refractivity contribution in [1.29, 1.82) is 0 Å². The fourth-order valence-corrected chi connectivity index (χ4v) is 3.62. The smallest absolute Gasteiger partial charge is 0.256 e. The van der Waals surface area contributed by atoms with E-state index in [0.29, 0.717) is 42.6 Å². The van der Waals surface area contributed by atoms with Crippen molar-refractivity contribution in [1.82, 2.24) is 9.47 Å². The van der Waals surface area contributed by atoms with E-state index in [9.17, 15) is 18.4 Å². The van der Waals surface area contributed by atoms with E-state index in [-0.39, 0.29) is 17.6 Å². The number of piperazine rings is 1. The first kappa shape index (κ1) is 18.2. The van der Waals surface area contributed by atoms with E-state index in [4.69, 9.17) is 0 Å². The van der Waals surface area contributed by atoms with E-state index in [0.717, 1.165) is 5.69 Å². The van der Waals surface area contributed by atoms with Crippen molar-refractivity contribution in [3.63, 3.8) is 0 Å². The summed E-state index contributed by atoms with van der Waals surface area (Å²) in [7, 11) is 0. The first-order chi connectivity index (χ1) is 13.4. The largest absolute Gasteiger partial charge is 0.368 e. The van der Waals surface area contributed by atoms with Gasteiger partial charge in [-0.1, -0.05) is 0 Å². The van der Waals surface area contributed by atoms with Crippen molar-refractivity contribution >= 4 is 28.4 Å². The van der Waals surface area contributed by atoms with Crippen LogP contribution in [0.25, 0.3) is 10.9 Å². The molecule has 0 atom stereocenters. The highest BCUT2D eigenvalue weighted by Crippen LogP contribution is 2.25. The summed E-state index contributed by atoms with van der Waals surface area (Å²) in [6.45, 7) is 3.59. The lowest BCUT2D eigenvalue weighted by Crippen LogP contribution is -2.48. The fraction of sp³-hybridized carbons (Fsp3) is 0.238. The Bertz CT molecular complexity index is 1050. The molecular formula is C21H19F2N3O2. The van der Waals surface area contributed by atoms with Crippen LogP contribution in [0.3, 0.4) is 0 Å². The summed E-state index contributed by atoms with van der Waals surface area (Å²) in [4.78, 5) is 28.7. The van der Waals surface area contributed by atoms with Gasteiger partial charge in [-0.25, -0.2) is 8.78 Å². The first-order valence-electron chi connectivity index (χ1n) is 9.05. The van der Waals surface area contributed by atoms with Crippen molar-refractivity contribution in [2.75, 3.05) is 31.1 Å². The Balaban J connectivity index is 1.56. The highest BCUT2D eigenvalue weighted by atomic mass is 19.1. The van der Waals surface area contributed by atoms with E-state index < -0.39 is 5.82 Å². The summed E-state index contributed by atoms with van der Waals surface area (Å²) >= 11 is 0. The van der Waals surface area contributed by atoms with Gasteiger partial charge in [0.25, 0.3) is 5.91 Å². The Labute approximate surface area is 160 Å². The summed E-state index contributed by atoms with van der Waals surface area (Å²) in [6, 6.07) is 10.3. The number of nitrogens with zero attached hydrogens (tertiary/aromatic N) is 3. The van der Waals surface area contributed by atoms with Gasteiger partial charge in [-0.2, -0.15) is 0 Å². The minimum Gasteiger partial charge on any atom is -0.368 e. The molecular weight excluding hydrogens is 364 g/mol. The van der Waals surface area contributed by atoms with E-state index in [1.807, 2.05) is 0 Å². The van der Waals surface area contributed by atoms with E-state index in [1.54, 1.807) is 17.0 Å². The standard InChI is InChI=1S/C21H19F2N3O2/c1-14(27)26-13-19(18-12-16(23)4-7-20(18)26)21(28)25-10-8-24(9-11-25)17-5-2-15(22)3-6-17/h2-7,12-13H,8-11H2,1H3. The maximum atomic E-state index is 13.7. The number of carbonyl (C=O) groups is 2. The molecule has 1 aliphatic rings. The third kappa shape index (κ3) is 3.24. The van der Waals surface area contributed by atoms with Crippen LogP contribution in [0.1, 0.15) is 22.1 Å². The number of carbonyl (C=O) groups excluding carboxylic acids is 2. The molecule has 1 fully saturated rings. The number of benzene rings is 2. The minimum atomic E-state index is -0.455. The van der Waals surface area contributed by atoms with Crippen LogP contribution in [0, 0.1) is 11.6 Å². The molecule has 1 aromatic heterocycles. The highest BCUT2D eigenvalue weighted by Gasteiger charge is 2.26. The Morgan fingerprint density at radius 3 is 2.18 bits per heavy atom. The average molecular weight is 383 g/mol. The van der Waals surface area contributed by atoms with E-state index >= 15 is 0 Å². The van der Waals surface area contributed by atoms with Gasteiger partial charge < -0.3 is 9.80 Å². The van der Waals surface area contributed by atoms with Gasteiger partial charge in [0, 0.05) is 50.4 Å². The molecule has 144 valence electrons. The molecule has 1 aliphatic heterocycles. The molecule has 2 aromatic carbocycles. The third-order valence-corrected chi connectivity index (χ3v) is 5.09. The molecule has 1 saturated heterocycles. The summed E-state index contributed by atoms with van der Waals surface area (Å²) < 4.78 is 28.2. The van der Waals surface area contributed by atoms with Gasteiger partial charge in [-0.3, -0.25) is 14.2 Å². The predicted molar refractivity (Wildman–Crippen MR) is 103 cm³/mol. The van der Waals surface area contributed by atoms with Crippen molar-refractivity contribution < 1.29 is 18.4 Å². The van der Waals surface area contributed by atoms with Crippen LogP contribution in [0.5, 0.6) is 0 Å². The number of aromatic nitrogens is 1. The molecule has 3 aromatic rings. The number of amides is 1. The zero-order chi connectivity index (χ0) is 19.8. The summed E-state index contributed by atoms with van der Waals surface area (Å²) in [6.07, 6.45) is 1.49. The molecule has 4 rings (SSSR count). The molecule has 0 aliphatic carbocycles. The van der Waals surface area contributed by atoms with Gasteiger partial charge >= 0.3 is 0 Å². The van der Waals surface area contributed by atoms with Gasteiger partial charge in [-0.15, -0.1) is 0 Å². The highest BCUT2D eigenvalue weighted by molar-refractivity contribution is 6.09. The van der Waals surface area contributed by atoms with Crippen molar-refractivity contribution in [3.05, 3.63) is 65.9 Å². The minimum absolute atomic E-state index is 0.227. The lowest BCUT2D eigenvalue weighted by molar-refractivity contribution is 0.0748. The van der Waals surface area contributed by atoms with Gasteiger partial charge in [0.2, 0.25) is 5.91 Å². The maximum absolute atomic E-state index is 13.7. The van der Waals surface area contributed by atoms with Crippen LogP contribution in [0.2, 0.25) is 0 Å². The maximum Gasteiger partial charge on any atom is 0.256 e. The molecule has 0 saturated carbocycles. The topological polar surface area (TPSA) is 45.6 Å². The lowest BCUT2D eigenvalue weighted by Gasteiger charge is -2.36. The Hall–Kier alpha value is -3.22. The number of anilines is 1. The molecule has 1 amide bonds. The van der Waals surface area contributed by atoms with Crippen LogP contribution < -0.4 is 4.90 Å². The van der Waals surface area contributed by atoms with Crippen molar-refractivity contribution in [2.24, 2.45) is 0 Å². The van der Waals surface area contributed by atoms with Gasteiger partial charge in [-0.05, 0) is 42.5 Å². The monoisotopic (exact) mass is 383 g/mol. The van der Waals surface area contributed by atoms with Crippen LogP contribution in [-0.2, 0) is 0 Å². The van der Waals surface area contributed by atoms with Crippen LogP contribution in [0.15, 0.2) is 48.7 Å². The second kappa shape index (κ2) is 7.07. The second-order valence-corrected chi connectivity index (χ2v) is 6.85. The van der Waals surface area contributed by atoms with Crippen LogP contribution in [-0.4, -0.2) is 47.5 Å². The number of hydrogen-bond acceptors (Lipinski definition) is 3. The number of halogens is 2. The van der Waals surface area contributed by atoms with E-state index in [1.165, 1.54) is 48.0 Å². The average Bonchev–Trinajstić information content (AvgIpc) is 3.07. The molecule has 0 bridgehead atoms. The Morgan fingerprint density at radius 1 is 0.893 bits per heavy atom. The zero-order valence-electron chi connectivity index (χ0n) is 15.4. The molecule has 0 radical (unpaired) electrons. The number of rotatable bonds is 2. The zero-order valence-corrected chi connectivity index (χ0v) is 15.4. The normalized spacial score (nSPS) is 14.5. The lowest BCUT2D eigenvalue weighted by atomic mass is 10.1. The molecule has 0 spiro atoms.